The number of nitro benzene ring substituents is 1. The van der Waals surface area contributed by atoms with Crippen molar-refractivity contribution in [3.05, 3.63) is 130 Å². The molecule has 0 saturated carbocycles. The second-order valence-electron chi connectivity index (χ2n) is 11.1. The van der Waals surface area contributed by atoms with Crippen LogP contribution in [0.3, 0.4) is 0 Å². The zero-order valence-electron chi connectivity index (χ0n) is 29.5. The van der Waals surface area contributed by atoms with E-state index in [0.29, 0.717) is 11.5 Å². The lowest BCUT2D eigenvalue weighted by Crippen LogP contribution is -2.47. The first-order valence-electron chi connectivity index (χ1n) is 16.2. The minimum atomic E-state index is -1.31. The van der Waals surface area contributed by atoms with E-state index in [-0.39, 0.29) is 24.3 Å². The number of nitrogens with two attached hydrogens (primary N) is 1. The standard InChI is InChI=1S/C37H37NO12.CH5N/c1-43-28-16-10-25(11-17-28)37(24-8-6-5-7-9-24,26-12-18-29(44-2)19-13-26)50-34-33(35(45-3)49-36(34)46-4)48-32(40)23-22-31(39)47-30-20-14-27(15-21-30)38(41)42;1-2/h5-21,33-36H,22-23H2,1-4H3;2H2,1H3. The van der Waals surface area contributed by atoms with Crippen LogP contribution in [0.2, 0.25) is 0 Å². The molecule has 0 spiro atoms. The van der Waals surface area contributed by atoms with Crippen molar-refractivity contribution in [2.75, 3.05) is 35.5 Å². The van der Waals surface area contributed by atoms with Gasteiger partial charge in [0.25, 0.3) is 5.69 Å². The van der Waals surface area contributed by atoms with Gasteiger partial charge in [-0.1, -0.05) is 54.6 Å². The van der Waals surface area contributed by atoms with Gasteiger partial charge in [0.15, 0.2) is 24.8 Å². The van der Waals surface area contributed by atoms with Crippen LogP contribution < -0.4 is 19.9 Å². The Labute approximate surface area is 301 Å². The number of hydrogen-bond donors (Lipinski definition) is 1. The molecular formula is C38H42N2O12. The van der Waals surface area contributed by atoms with Crippen LogP contribution in [0.5, 0.6) is 17.2 Å². The number of ether oxygens (including phenoxy) is 8. The maximum Gasteiger partial charge on any atom is 0.311 e. The molecule has 1 aliphatic rings. The Kier molecular flexibility index (Phi) is 14.2. The highest BCUT2D eigenvalue weighted by molar-refractivity contribution is 5.79. The number of esters is 2. The fourth-order valence-electron chi connectivity index (χ4n) is 5.69. The summed E-state index contributed by atoms with van der Waals surface area (Å²) in [5, 5.41) is 10.9. The van der Waals surface area contributed by atoms with Crippen molar-refractivity contribution in [1.82, 2.24) is 0 Å². The number of carbonyl (C=O) groups excluding carboxylic acids is 2. The lowest BCUT2D eigenvalue weighted by Gasteiger charge is -2.40. The highest BCUT2D eigenvalue weighted by Gasteiger charge is 2.53. The largest absolute Gasteiger partial charge is 0.497 e. The molecule has 0 radical (unpaired) electrons. The number of rotatable bonds is 15. The first-order valence-corrected chi connectivity index (χ1v) is 16.2. The van der Waals surface area contributed by atoms with Crippen molar-refractivity contribution < 1.29 is 52.4 Å². The molecule has 1 heterocycles. The van der Waals surface area contributed by atoms with Crippen molar-refractivity contribution in [1.29, 1.82) is 0 Å². The summed E-state index contributed by atoms with van der Waals surface area (Å²) in [6, 6.07) is 29.4. The van der Waals surface area contributed by atoms with Crippen molar-refractivity contribution in [3.8, 4) is 17.2 Å². The van der Waals surface area contributed by atoms with E-state index in [4.69, 9.17) is 37.9 Å². The molecule has 276 valence electrons. The molecular weight excluding hydrogens is 676 g/mol. The Bertz CT molecular complexity index is 1690. The van der Waals surface area contributed by atoms with Crippen LogP contribution in [0.1, 0.15) is 29.5 Å². The third kappa shape index (κ3) is 9.09. The molecule has 1 aliphatic heterocycles. The van der Waals surface area contributed by atoms with Crippen molar-refractivity contribution in [2.24, 2.45) is 5.73 Å². The number of nitro groups is 1. The third-order valence-corrected chi connectivity index (χ3v) is 8.16. The second kappa shape index (κ2) is 18.7. The maximum atomic E-state index is 13.3. The summed E-state index contributed by atoms with van der Waals surface area (Å²) < 4.78 is 46.5. The second-order valence-corrected chi connectivity index (χ2v) is 11.1. The monoisotopic (exact) mass is 718 g/mol. The molecule has 0 bridgehead atoms. The average molecular weight is 719 g/mol. The smallest absolute Gasteiger partial charge is 0.311 e. The van der Waals surface area contributed by atoms with Gasteiger partial charge in [0.1, 0.15) is 22.8 Å². The first kappa shape index (κ1) is 39.4. The van der Waals surface area contributed by atoms with Gasteiger partial charge in [-0.05, 0) is 60.1 Å². The minimum absolute atomic E-state index is 0.100. The van der Waals surface area contributed by atoms with E-state index in [1.165, 1.54) is 45.5 Å². The summed E-state index contributed by atoms with van der Waals surface area (Å²) in [5.74, 6) is -0.0915. The quantitative estimate of drug-likeness (QED) is 0.0563. The molecule has 4 atom stereocenters. The van der Waals surface area contributed by atoms with Crippen molar-refractivity contribution in [3.63, 3.8) is 0 Å². The molecule has 4 unspecified atom stereocenters. The Hall–Kier alpha value is -5.38. The summed E-state index contributed by atoms with van der Waals surface area (Å²) in [6.45, 7) is 0. The van der Waals surface area contributed by atoms with Crippen LogP contribution in [0.4, 0.5) is 5.69 Å². The third-order valence-electron chi connectivity index (χ3n) is 8.16. The van der Waals surface area contributed by atoms with Gasteiger partial charge >= 0.3 is 11.9 Å². The van der Waals surface area contributed by atoms with E-state index in [2.05, 4.69) is 5.73 Å². The average Bonchev–Trinajstić information content (AvgIpc) is 3.52. The molecule has 5 rings (SSSR count). The number of benzene rings is 4. The van der Waals surface area contributed by atoms with Crippen LogP contribution in [0.15, 0.2) is 103 Å². The summed E-state index contributed by atoms with van der Waals surface area (Å²) in [5.41, 5.74) is 5.24. The lowest BCUT2D eigenvalue weighted by molar-refractivity contribution is -0.384. The molecule has 1 fully saturated rings. The molecule has 0 amide bonds. The van der Waals surface area contributed by atoms with Crippen LogP contribution >= 0.6 is 0 Å². The fourth-order valence-corrected chi connectivity index (χ4v) is 5.69. The molecule has 4 aromatic carbocycles. The number of non-ortho nitro benzene ring substituents is 1. The van der Waals surface area contributed by atoms with Gasteiger partial charge in [-0.15, -0.1) is 0 Å². The van der Waals surface area contributed by atoms with Gasteiger partial charge in [0.2, 0.25) is 0 Å². The molecule has 14 heteroatoms. The molecule has 2 N–H and O–H groups in total. The zero-order valence-corrected chi connectivity index (χ0v) is 29.5. The van der Waals surface area contributed by atoms with E-state index in [9.17, 15) is 19.7 Å². The summed E-state index contributed by atoms with van der Waals surface area (Å²) in [7, 11) is 7.51. The minimum Gasteiger partial charge on any atom is -0.497 e. The maximum absolute atomic E-state index is 13.3. The Morgan fingerprint density at radius 2 is 1.13 bits per heavy atom. The summed E-state index contributed by atoms with van der Waals surface area (Å²) in [6.07, 6.45) is -4.98. The van der Waals surface area contributed by atoms with E-state index < -0.39 is 47.3 Å². The highest BCUT2D eigenvalue weighted by Crippen LogP contribution is 2.45. The number of methoxy groups -OCH3 is 4. The van der Waals surface area contributed by atoms with Crippen molar-refractivity contribution in [2.45, 2.75) is 43.2 Å². The molecule has 0 aliphatic carbocycles. The van der Waals surface area contributed by atoms with E-state index >= 15 is 0 Å². The summed E-state index contributed by atoms with van der Waals surface area (Å²) in [4.78, 5) is 36.1. The SMILES string of the molecule is CN.COc1ccc(C(OC2C(OC)OC(OC)C2OC(=O)CCC(=O)Oc2ccc([N+](=O)[O-])cc2)(c2ccccc2)c2ccc(OC)cc2)cc1. The Morgan fingerprint density at radius 3 is 1.62 bits per heavy atom. The number of nitrogens with zero attached hydrogens (tertiary/aromatic N) is 1. The number of carbonyl (C=O) groups is 2. The molecule has 52 heavy (non-hydrogen) atoms. The molecule has 4 aromatic rings. The topological polar surface area (TPSA) is 177 Å². The van der Waals surface area contributed by atoms with Crippen LogP contribution in [0.25, 0.3) is 0 Å². The molecule has 1 saturated heterocycles. The fraction of sp³-hybridized carbons (Fsp3) is 0.316. The predicted octanol–water partition coefficient (Wildman–Crippen LogP) is 5.14. The Balaban J connectivity index is 0.00000297. The van der Waals surface area contributed by atoms with Crippen molar-refractivity contribution >= 4 is 17.6 Å². The van der Waals surface area contributed by atoms with Gasteiger partial charge in [0, 0.05) is 26.4 Å². The van der Waals surface area contributed by atoms with Crippen LogP contribution in [-0.2, 0) is 38.9 Å². The Morgan fingerprint density at radius 1 is 0.673 bits per heavy atom. The zero-order chi connectivity index (χ0) is 37.7. The summed E-state index contributed by atoms with van der Waals surface area (Å²) >= 11 is 0. The highest BCUT2D eigenvalue weighted by atomic mass is 16.8. The van der Waals surface area contributed by atoms with E-state index in [0.717, 1.165) is 16.7 Å². The number of hydrogen-bond acceptors (Lipinski definition) is 13. The lowest BCUT2D eigenvalue weighted by atomic mass is 9.79. The van der Waals surface area contributed by atoms with Gasteiger partial charge in [-0.3, -0.25) is 19.7 Å². The van der Waals surface area contributed by atoms with E-state index in [1.807, 2.05) is 78.9 Å². The van der Waals surface area contributed by atoms with Crippen LogP contribution in [-0.4, -0.2) is 77.1 Å². The van der Waals surface area contributed by atoms with E-state index in [1.54, 1.807) is 14.2 Å². The molecule has 14 nitrogen and oxygen atoms in total. The van der Waals surface area contributed by atoms with Gasteiger partial charge in [-0.2, -0.15) is 0 Å². The van der Waals surface area contributed by atoms with Gasteiger partial charge < -0.3 is 43.6 Å². The molecule has 0 aromatic heterocycles. The predicted molar refractivity (Wildman–Crippen MR) is 188 cm³/mol. The van der Waals surface area contributed by atoms with Gasteiger partial charge in [-0.25, -0.2) is 0 Å². The normalized spacial score (nSPS) is 18.0. The van der Waals surface area contributed by atoms with Gasteiger partial charge in [0.05, 0.1) is 32.0 Å². The first-order chi connectivity index (χ1) is 25.2. The van der Waals surface area contributed by atoms with Crippen LogP contribution in [0, 0.1) is 10.1 Å².